The number of carbonyl (C=O) groups excluding carboxylic acids is 1. The van der Waals surface area contributed by atoms with Gasteiger partial charge in [0, 0.05) is 17.0 Å². The van der Waals surface area contributed by atoms with E-state index in [9.17, 15) is 4.79 Å². The summed E-state index contributed by atoms with van der Waals surface area (Å²) in [6.07, 6.45) is 1.69. The lowest BCUT2D eigenvalue weighted by Crippen LogP contribution is -2.44. The minimum atomic E-state index is -0.616. The van der Waals surface area contributed by atoms with Crippen molar-refractivity contribution in [2.24, 2.45) is 5.41 Å². The van der Waals surface area contributed by atoms with E-state index >= 15 is 0 Å². The minimum Gasteiger partial charge on any atom is -0.493 e. The fourth-order valence-corrected chi connectivity index (χ4v) is 6.33. The summed E-state index contributed by atoms with van der Waals surface area (Å²) in [7, 11) is 0. The monoisotopic (exact) mass is 502 g/mol. The molecule has 4 aromatic rings. The van der Waals surface area contributed by atoms with Gasteiger partial charge in [0.1, 0.15) is 11.5 Å². The number of hydrogen-bond donors (Lipinski definition) is 0. The van der Waals surface area contributed by atoms with Crippen LogP contribution in [-0.4, -0.2) is 12.6 Å². The van der Waals surface area contributed by atoms with Crippen molar-refractivity contribution in [3.05, 3.63) is 130 Å². The van der Waals surface area contributed by atoms with Crippen molar-refractivity contribution >= 4 is 5.97 Å². The van der Waals surface area contributed by atoms with Gasteiger partial charge in [-0.1, -0.05) is 85.8 Å². The Bertz CT molecular complexity index is 1460. The minimum absolute atomic E-state index is 0.0389. The van der Waals surface area contributed by atoms with Crippen molar-refractivity contribution in [1.29, 1.82) is 0 Å². The predicted molar refractivity (Wildman–Crippen MR) is 151 cm³/mol. The third-order valence-electron chi connectivity index (χ3n) is 7.93. The number of esters is 1. The van der Waals surface area contributed by atoms with E-state index in [2.05, 4.69) is 85.8 Å². The highest BCUT2D eigenvalue weighted by Gasteiger charge is 2.54. The van der Waals surface area contributed by atoms with Crippen LogP contribution in [-0.2, 0) is 16.6 Å². The molecule has 0 unspecified atom stereocenters. The molecule has 0 radical (unpaired) electrons. The first kappa shape index (κ1) is 24.5. The third-order valence-corrected chi connectivity index (χ3v) is 7.93. The van der Waals surface area contributed by atoms with Crippen LogP contribution in [0.25, 0.3) is 0 Å². The van der Waals surface area contributed by atoms with E-state index in [1.54, 1.807) is 0 Å². The van der Waals surface area contributed by atoms with Gasteiger partial charge in [0.2, 0.25) is 0 Å². The van der Waals surface area contributed by atoms with Gasteiger partial charge in [0.25, 0.3) is 0 Å². The zero-order valence-electron chi connectivity index (χ0n) is 22.6. The van der Waals surface area contributed by atoms with Gasteiger partial charge < -0.3 is 9.47 Å². The maximum Gasteiger partial charge on any atom is 0.316 e. The lowest BCUT2D eigenvalue weighted by Gasteiger charge is -2.51. The van der Waals surface area contributed by atoms with E-state index in [1.807, 2.05) is 32.9 Å². The molecule has 0 saturated carbocycles. The highest BCUT2D eigenvalue weighted by molar-refractivity contribution is 5.81. The molecule has 0 atom stereocenters. The Hall–Kier alpha value is -3.85. The number of carbonyl (C=O) groups is 1. The van der Waals surface area contributed by atoms with Crippen LogP contribution in [0.15, 0.2) is 91.0 Å². The summed E-state index contributed by atoms with van der Waals surface area (Å²) >= 11 is 0. The van der Waals surface area contributed by atoms with Gasteiger partial charge in [-0.25, -0.2) is 0 Å². The number of ether oxygens (including phenoxy) is 2. The van der Waals surface area contributed by atoms with E-state index in [0.29, 0.717) is 12.4 Å². The molecule has 0 saturated heterocycles. The Morgan fingerprint density at radius 2 is 1.37 bits per heavy atom. The summed E-state index contributed by atoms with van der Waals surface area (Å²) in [5.74, 6) is 1.24. The number of benzene rings is 4. The van der Waals surface area contributed by atoms with Gasteiger partial charge in [-0.2, -0.15) is 0 Å². The van der Waals surface area contributed by atoms with Gasteiger partial charge in [0.15, 0.2) is 0 Å². The molecule has 0 spiro atoms. The second-order valence-electron chi connectivity index (χ2n) is 11.5. The van der Waals surface area contributed by atoms with Crippen molar-refractivity contribution in [2.45, 2.75) is 51.9 Å². The fraction of sp³-hybridized carbons (Fsp3) is 0.286. The summed E-state index contributed by atoms with van der Waals surface area (Å²) < 4.78 is 12.7. The molecule has 0 heterocycles. The van der Waals surface area contributed by atoms with Crippen LogP contribution < -0.4 is 9.47 Å². The first-order chi connectivity index (χ1) is 18.4. The van der Waals surface area contributed by atoms with Crippen LogP contribution in [0.2, 0.25) is 0 Å². The SMILES string of the molecule is CCCOc1ccc(OC(=O)C(C)(C)C)c2c1C1(Cc3ccccc3)c3ccccc3C2c2ccccc21. The van der Waals surface area contributed by atoms with Crippen LogP contribution in [0, 0.1) is 5.41 Å². The number of rotatable bonds is 6. The standard InChI is InChI=1S/C35H34O3/c1-5-21-37-29-20-19-28(38-33(36)34(2,3)4)31-30-24-15-9-11-17-26(24)35(32(29)31,22-23-13-7-6-8-14-23)27-18-12-10-16-25(27)30/h6-20,30H,5,21-22H2,1-4H3. The molecule has 192 valence electrons. The molecule has 0 fully saturated rings. The molecule has 3 nitrogen and oxygen atoms in total. The molecule has 7 rings (SSSR count). The summed E-state index contributed by atoms with van der Waals surface area (Å²) in [5, 5.41) is 0. The van der Waals surface area contributed by atoms with E-state index in [0.717, 1.165) is 29.7 Å². The Labute approximate surface area is 225 Å². The number of hydrogen-bond acceptors (Lipinski definition) is 3. The maximum atomic E-state index is 13.2. The van der Waals surface area contributed by atoms with Crippen molar-refractivity contribution in [3.63, 3.8) is 0 Å². The van der Waals surface area contributed by atoms with E-state index in [-0.39, 0.29) is 11.9 Å². The van der Waals surface area contributed by atoms with Crippen LogP contribution >= 0.6 is 0 Å². The van der Waals surface area contributed by atoms with E-state index in [4.69, 9.17) is 9.47 Å². The van der Waals surface area contributed by atoms with Gasteiger partial charge in [-0.05, 0) is 73.6 Å². The normalized spacial score (nSPS) is 18.8. The molecule has 0 N–H and O–H groups in total. The lowest BCUT2D eigenvalue weighted by atomic mass is 9.51. The molecule has 0 aromatic heterocycles. The molecule has 0 aliphatic heterocycles. The van der Waals surface area contributed by atoms with Gasteiger partial charge in [0.05, 0.1) is 17.4 Å². The second kappa shape index (κ2) is 9.16. The first-order valence-corrected chi connectivity index (χ1v) is 13.6. The molecular weight excluding hydrogens is 468 g/mol. The maximum absolute atomic E-state index is 13.2. The average molecular weight is 503 g/mol. The Morgan fingerprint density at radius 3 is 1.97 bits per heavy atom. The van der Waals surface area contributed by atoms with Gasteiger partial charge in [-0.3, -0.25) is 4.79 Å². The van der Waals surface area contributed by atoms with Crippen LogP contribution in [0.1, 0.15) is 79.0 Å². The van der Waals surface area contributed by atoms with Crippen molar-refractivity contribution < 1.29 is 14.3 Å². The van der Waals surface area contributed by atoms with Crippen molar-refractivity contribution in [2.75, 3.05) is 6.61 Å². The second-order valence-corrected chi connectivity index (χ2v) is 11.5. The van der Waals surface area contributed by atoms with Crippen LogP contribution in [0.4, 0.5) is 0 Å². The van der Waals surface area contributed by atoms with Crippen LogP contribution in [0.3, 0.4) is 0 Å². The Morgan fingerprint density at radius 1 is 0.789 bits per heavy atom. The topological polar surface area (TPSA) is 35.5 Å². The Kier molecular flexibility index (Phi) is 5.90. The zero-order valence-corrected chi connectivity index (χ0v) is 22.6. The quantitative estimate of drug-likeness (QED) is 0.199. The van der Waals surface area contributed by atoms with Crippen molar-refractivity contribution in [1.82, 2.24) is 0 Å². The zero-order chi connectivity index (χ0) is 26.5. The Balaban J connectivity index is 1.70. The van der Waals surface area contributed by atoms with E-state index < -0.39 is 10.8 Å². The largest absolute Gasteiger partial charge is 0.493 e. The highest BCUT2D eigenvalue weighted by atomic mass is 16.5. The molecular formula is C35H34O3. The summed E-state index contributed by atoms with van der Waals surface area (Å²) in [4.78, 5) is 13.2. The highest BCUT2D eigenvalue weighted by Crippen LogP contribution is 2.64. The summed E-state index contributed by atoms with van der Waals surface area (Å²) in [6, 6.07) is 32.2. The van der Waals surface area contributed by atoms with Crippen molar-refractivity contribution in [3.8, 4) is 11.5 Å². The molecule has 4 aromatic carbocycles. The van der Waals surface area contributed by atoms with Gasteiger partial charge in [-0.15, -0.1) is 0 Å². The first-order valence-electron chi connectivity index (χ1n) is 13.6. The fourth-order valence-electron chi connectivity index (χ4n) is 6.33. The third kappa shape index (κ3) is 3.67. The molecule has 3 aliphatic carbocycles. The molecule has 3 aliphatic rings. The molecule has 0 amide bonds. The predicted octanol–water partition coefficient (Wildman–Crippen LogP) is 7.81. The average Bonchev–Trinajstić information content (AvgIpc) is 2.93. The smallest absolute Gasteiger partial charge is 0.316 e. The molecule has 2 bridgehead atoms. The van der Waals surface area contributed by atoms with Gasteiger partial charge >= 0.3 is 5.97 Å². The summed E-state index contributed by atoms with van der Waals surface area (Å²) in [6.45, 7) is 8.45. The van der Waals surface area contributed by atoms with Crippen LogP contribution in [0.5, 0.6) is 11.5 Å². The summed E-state index contributed by atoms with van der Waals surface area (Å²) in [5.41, 5.74) is 7.51. The molecule has 3 heteroatoms. The van der Waals surface area contributed by atoms with E-state index in [1.165, 1.54) is 27.8 Å². The molecule has 38 heavy (non-hydrogen) atoms. The lowest BCUT2D eigenvalue weighted by molar-refractivity contribution is -0.143.